The summed E-state index contributed by atoms with van der Waals surface area (Å²) in [4.78, 5) is 13.1. The van der Waals surface area contributed by atoms with Crippen LogP contribution in [0.1, 0.15) is 76.3 Å². The van der Waals surface area contributed by atoms with Crippen LogP contribution in [0, 0.1) is 12.7 Å². The first-order valence-electron chi connectivity index (χ1n) is 18.3. The van der Waals surface area contributed by atoms with Crippen LogP contribution < -0.4 is 0 Å². The van der Waals surface area contributed by atoms with Crippen LogP contribution >= 0.6 is 11.6 Å². The number of methoxy groups -OCH3 is 1. The van der Waals surface area contributed by atoms with Crippen LogP contribution in [0.25, 0.3) is 32.8 Å². The third-order valence-corrected chi connectivity index (χ3v) is 10.7. The van der Waals surface area contributed by atoms with Gasteiger partial charge in [0, 0.05) is 60.6 Å². The normalized spacial score (nSPS) is 14.8. The zero-order valence-corrected chi connectivity index (χ0v) is 31.7. The monoisotopic (exact) mass is 757 g/mol. The molecule has 4 heterocycles. The summed E-state index contributed by atoms with van der Waals surface area (Å²) in [6.07, 6.45) is 4.88. The summed E-state index contributed by atoms with van der Waals surface area (Å²) in [7, 11) is 5.08. The number of aromatic nitrogens is 5. The molecule has 0 aliphatic carbocycles. The standard InChI is InChI=1S/C41H45ClFN5O6/c1-24-37(38-33(42)15-14-32-31(8-7-16-49)40(41(51)52-4)46(2)39(32)38)34(45-48(24)36-9-5-6-17-54-36)23-53-22-28-21-29(47(3)44-28)12-10-25-18-26-20-27(43)11-13-30(26)35(50)19-25/h11,13-15,18-21,36,49-50H,5-10,12,16-17,22-23H2,1-4H3. The molecule has 11 nitrogen and oxygen atoms in total. The summed E-state index contributed by atoms with van der Waals surface area (Å²) in [5, 5.41) is 32.6. The number of hydrogen-bond acceptors (Lipinski definition) is 8. The zero-order valence-electron chi connectivity index (χ0n) is 31.0. The lowest BCUT2D eigenvalue weighted by molar-refractivity contribution is -0.0411. The molecule has 2 N–H and O–H groups in total. The second kappa shape index (κ2) is 15.9. The highest BCUT2D eigenvalue weighted by atomic mass is 35.5. The Hall–Kier alpha value is -4.75. The summed E-state index contributed by atoms with van der Waals surface area (Å²) < 4.78 is 37.2. The lowest BCUT2D eigenvalue weighted by atomic mass is 9.98. The predicted octanol–water partition coefficient (Wildman–Crippen LogP) is 7.65. The number of aliphatic hydroxyl groups excluding tert-OH is 1. The third kappa shape index (κ3) is 7.23. The highest BCUT2D eigenvalue weighted by molar-refractivity contribution is 6.35. The summed E-state index contributed by atoms with van der Waals surface area (Å²) >= 11 is 7.07. The van der Waals surface area contributed by atoms with Crippen molar-refractivity contribution < 1.29 is 33.6 Å². The van der Waals surface area contributed by atoms with E-state index >= 15 is 0 Å². The van der Waals surface area contributed by atoms with E-state index in [0.29, 0.717) is 59.5 Å². The number of nitrogens with zero attached hydrogens (tertiary/aromatic N) is 5. The van der Waals surface area contributed by atoms with E-state index in [9.17, 15) is 19.4 Å². The second-order valence-electron chi connectivity index (χ2n) is 13.9. The van der Waals surface area contributed by atoms with E-state index in [4.69, 9.17) is 36.0 Å². The number of phenolic OH excluding ortho intramolecular Hbond substituents is 1. The van der Waals surface area contributed by atoms with Crippen molar-refractivity contribution in [2.45, 2.75) is 71.3 Å². The number of aryl methyl sites for hydroxylation is 5. The van der Waals surface area contributed by atoms with Crippen LogP contribution in [0.5, 0.6) is 5.75 Å². The van der Waals surface area contributed by atoms with Crippen molar-refractivity contribution in [1.29, 1.82) is 0 Å². The zero-order chi connectivity index (χ0) is 38.1. The first kappa shape index (κ1) is 37.6. The molecule has 0 radical (unpaired) electrons. The molecule has 6 aromatic rings. The fourth-order valence-corrected chi connectivity index (χ4v) is 8.08. The van der Waals surface area contributed by atoms with Gasteiger partial charge in [-0.15, -0.1) is 0 Å². The molecule has 1 unspecified atom stereocenters. The lowest BCUT2D eigenvalue weighted by Gasteiger charge is -2.24. The Bertz CT molecular complexity index is 2340. The van der Waals surface area contributed by atoms with Gasteiger partial charge in [-0.05, 0) is 105 Å². The smallest absolute Gasteiger partial charge is 0.354 e. The maximum Gasteiger partial charge on any atom is 0.354 e. The minimum absolute atomic E-state index is 0.0126. The van der Waals surface area contributed by atoms with E-state index in [1.165, 1.54) is 19.2 Å². The number of carbonyl (C=O) groups excluding carboxylic acids is 1. The molecule has 1 saturated heterocycles. The number of aliphatic hydroxyl groups is 1. The highest BCUT2D eigenvalue weighted by Gasteiger charge is 2.30. The van der Waals surface area contributed by atoms with E-state index in [-0.39, 0.29) is 37.6 Å². The molecule has 13 heteroatoms. The van der Waals surface area contributed by atoms with Crippen molar-refractivity contribution in [2.24, 2.45) is 14.1 Å². The molecule has 54 heavy (non-hydrogen) atoms. The molecular formula is C41H45ClFN5O6. The Morgan fingerprint density at radius 2 is 1.83 bits per heavy atom. The molecule has 0 spiro atoms. The molecule has 3 aromatic carbocycles. The van der Waals surface area contributed by atoms with Crippen molar-refractivity contribution in [1.82, 2.24) is 24.1 Å². The van der Waals surface area contributed by atoms with Crippen LogP contribution in [0.4, 0.5) is 4.39 Å². The molecule has 1 atom stereocenters. The first-order valence-corrected chi connectivity index (χ1v) is 18.7. The van der Waals surface area contributed by atoms with Crippen LogP contribution in [-0.4, -0.2) is 60.6 Å². The van der Waals surface area contributed by atoms with Gasteiger partial charge < -0.3 is 29.0 Å². The molecular weight excluding hydrogens is 713 g/mol. The summed E-state index contributed by atoms with van der Waals surface area (Å²) in [6.45, 7) is 3.04. The van der Waals surface area contributed by atoms with Crippen molar-refractivity contribution in [3.8, 4) is 16.9 Å². The number of aromatic hydroxyl groups is 1. The summed E-state index contributed by atoms with van der Waals surface area (Å²) in [5.41, 5.74) is 7.71. The lowest BCUT2D eigenvalue weighted by Crippen LogP contribution is -2.20. The number of carbonyl (C=O) groups is 1. The Balaban J connectivity index is 1.18. The fourth-order valence-electron chi connectivity index (χ4n) is 7.83. The number of fused-ring (bicyclic) bond motifs is 2. The number of ether oxygens (including phenoxy) is 3. The van der Waals surface area contributed by atoms with Gasteiger partial charge in [0.15, 0.2) is 0 Å². The van der Waals surface area contributed by atoms with Gasteiger partial charge in [-0.3, -0.25) is 4.68 Å². The number of halogens is 2. The van der Waals surface area contributed by atoms with Gasteiger partial charge in [0.2, 0.25) is 0 Å². The predicted molar refractivity (Wildman–Crippen MR) is 204 cm³/mol. The quantitative estimate of drug-likeness (QED) is 0.115. The van der Waals surface area contributed by atoms with E-state index in [0.717, 1.165) is 69.5 Å². The second-order valence-corrected chi connectivity index (χ2v) is 14.3. The maximum atomic E-state index is 13.9. The molecule has 7 rings (SSSR count). The van der Waals surface area contributed by atoms with Crippen molar-refractivity contribution in [3.63, 3.8) is 0 Å². The fraction of sp³-hybridized carbons (Fsp3) is 0.390. The summed E-state index contributed by atoms with van der Waals surface area (Å²) in [5.74, 6) is -0.678. The minimum Gasteiger partial charge on any atom is -0.507 e. The van der Waals surface area contributed by atoms with Gasteiger partial charge in [0.25, 0.3) is 0 Å². The van der Waals surface area contributed by atoms with Crippen LogP contribution in [0.2, 0.25) is 5.02 Å². The van der Waals surface area contributed by atoms with Crippen LogP contribution in [0.15, 0.2) is 48.5 Å². The molecule has 1 fully saturated rings. The van der Waals surface area contributed by atoms with Gasteiger partial charge in [0.05, 0.1) is 42.3 Å². The Kier molecular flexibility index (Phi) is 11.1. The first-order chi connectivity index (χ1) is 26.1. The number of esters is 1. The Morgan fingerprint density at radius 3 is 2.59 bits per heavy atom. The van der Waals surface area contributed by atoms with Crippen molar-refractivity contribution >= 4 is 39.2 Å². The van der Waals surface area contributed by atoms with Crippen LogP contribution in [-0.2, 0) is 60.8 Å². The molecule has 1 aliphatic heterocycles. The Morgan fingerprint density at radius 1 is 1.02 bits per heavy atom. The van der Waals surface area contributed by atoms with Gasteiger partial charge in [-0.25, -0.2) is 13.9 Å². The van der Waals surface area contributed by atoms with Gasteiger partial charge in [-0.1, -0.05) is 23.7 Å². The maximum absolute atomic E-state index is 13.9. The average molecular weight is 758 g/mol. The number of phenols is 1. The van der Waals surface area contributed by atoms with Gasteiger partial charge in [-0.2, -0.15) is 10.2 Å². The SMILES string of the molecule is COC(=O)c1c(CCCO)c2ccc(Cl)c(-c3c(COCc4cc(CCc5cc(O)c6ccc(F)cc6c5)n(C)n4)nn(C4CCCCO4)c3C)c2n1C. The van der Waals surface area contributed by atoms with E-state index in [1.54, 1.807) is 12.1 Å². The van der Waals surface area contributed by atoms with E-state index < -0.39 is 5.97 Å². The minimum atomic E-state index is -0.462. The highest BCUT2D eigenvalue weighted by Crippen LogP contribution is 2.43. The molecule has 1 aliphatic rings. The third-order valence-electron chi connectivity index (χ3n) is 10.4. The van der Waals surface area contributed by atoms with Crippen LogP contribution in [0.3, 0.4) is 0 Å². The van der Waals surface area contributed by atoms with Crippen molar-refractivity contribution in [2.75, 3.05) is 20.3 Å². The van der Waals surface area contributed by atoms with Gasteiger partial charge >= 0.3 is 5.97 Å². The largest absolute Gasteiger partial charge is 0.507 e. The Labute approximate surface area is 317 Å². The number of rotatable bonds is 13. The number of benzene rings is 3. The van der Waals surface area contributed by atoms with E-state index in [1.807, 2.05) is 59.2 Å². The molecule has 284 valence electrons. The molecule has 0 saturated carbocycles. The average Bonchev–Trinajstić information content (AvgIpc) is 3.78. The molecule has 0 bridgehead atoms. The molecule has 3 aromatic heterocycles. The number of hydrogen-bond donors (Lipinski definition) is 2. The summed E-state index contributed by atoms with van der Waals surface area (Å²) in [6, 6.07) is 13.8. The van der Waals surface area contributed by atoms with Gasteiger partial charge in [0.1, 0.15) is 23.5 Å². The van der Waals surface area contributed by atoms with Crippen molar-refractivity contribution in [3.05, 3.63) is 99.0 Å². The topological polar surface area (TPSA) is 126 Å². The van der Waals surface area contributed by atoms with E-state index in [2.05, 4.69) is 0 Å². The molecule has 0 amide bonds.